The van der Waals surface area contributed by atoms with E-state index in [2.05, 4.69) is 5.32 Å². The Kier molecular flexibility index (Phi) is 5.66. The smallest absolute Gasteiger partial charge is 0.306 e. The van der Waals surface area contributed by atoms with E-state index < -0.39 is 11.9 Å². The zero-order valence-corrected chi connectivity index (χ0v) is 13.6. The highest BCUT2D eigenvalue weighted by Crippen LogP contribution is 2.23. The highest BCUT2D eigenvalue weighted by molar-refractivity contribution is 6.33. The number of carboxylic acid groups (broad SMARTS) is 1. The SMILES string of the molecule is N#C/C(=C/N1CCC(C(=O)O)CC1)C(=O)Nc1ccc(N)c(Cl)c1. The van der Waals surface area contributed by atoms with Crippen molar-refractivity contribution in [3.8, 4) is 6.07 Å². The molecule has 24 heavy (non-hydrogen) atoms. The van der Waals surface area contributed by atoms with Crippen molar-refractivity contribution in [3.63, 3.8) is 0 Å². The van der Waals surface area contributed by atoms with Crippen molar-refractivity contribution in [3.05, 3.63) is 35.0 Å². The van der Waals surface area contributed by atoms with Gasteiger partial charge >= 0.3 is 5.97 Å². The Hall–Kier alpha value is -2.72. The number of nitriles is 1. The first-order valence-corrected chi connectivity index (χ1v) is 7.73. The molecule has 0 atom stereocenters. The molecule has 0 saturated carbocycles. The summed E-state index contributed by atoms with van der Waals surface area (Å²) in [5.41, 5.74) is 6.38. The molecule has 1 saturated heterocycles. The van der Waals surface area contributed by atoms with Crippen LogP contribution in [0.5, 0.6) is 0 Å². The molecule has 4 N–H and O–H groups in total. The van der Waals surface area contributed by atoms with E-state index in [1.54, 1.807) is 17.0 Å². The van der Waals surface area contributed by atoms with Crippen molar-refractivity contribution in [2.24, 2.45) is 5.92 Å². The quantitative estimate of drug-likeness (QED) is 0.435. The lowest BCUT2D eigenvalue weighted by Crippen LogP contribution is -2.33. The van der Waals surface area contributed by atoms with Crippen LogP contribution in [0, 0.1) is 17.2 Å². The maximum atomic E-state index is 12.2. The molecule has 1 aliphatic heterocycles. The molecule has 7 nitrogen and oxygen atoms in total. The lowest BCUT2D eigenvalue weighted by Gasteiger charge is -2.29. The Morgan fingerprint density at radius 2 is 2.08 bits per heavy atom. The minimum absolute atomic E-state index is 0.0586. The van der Waals surface area contributed by atoms with Crippen LogP contribution in [0.15, 0.2) is 30.0 Å². The Morgan fingerprint density at radius 1 is 1.42 bits per heavy atom. The number of aliphatic carboxylic acids is 1. The number of nitrogens with two attached hydrogens (primary N) is 1. The molecule has 1 aromatic carbocycles. The Bertz CT molecular complexity index is 719. The van der Waals surface area contributed by atoms with Crippen LogP contribution in [0.1, 0.15) is 12.8 Å². The molecule has 1 fully saturated rings. The topological polar surface area (TPSA) is 119 Å². The second kappa shape index (κ2) is 7.70. The van der Waals surface area contributed by atoms with E-state index in [-0.39, 0.29) is 11.5 Å². The van der Waals surface area contributed by atoms with Crippen molar-refractivity contribution in [1.29, 1.82) is 5.26 Å². The molecule has 1 aliphatic rings. The van der Waals surface area contributed by atoms with Crippen molar-refractivity contribution >= 4 is 34.9 Å². The number of anilines is 2. The maximum Gasteiger partial charge on any atom is 0.306 e. The summed E-state index contributed by atoms with van der Waals surface area (Å²) < 4.78 is 0. The number of benzene rings is 1. The monoisotopic (exact) mass is 348 g/mol. The molecule has 0 aromatic heterocycles. The fraction of sp³-hybridized carbons (Fsp3) is 0.312. The lowest BCUT2D eigenvalue weighted by atomic mass is 9.97. The number of rotatable bonds is 4. The van der Waals surface area contributed by atoms with Gasteiger partial charge < -0.3 is 21.1 Å². The van der Waals surface area contributed by atoms with E-state index in [9.17, 15) is 14.9 Å². The summed E-state index contributed by atoms with van der Waals surface area (Å²) in [5, 5.41) is 21.1. The van der Waals surface area contributed by atoms with Crippen molar-refractivity contribution < 1.29 is 14.7 Å². The average molecular weight is 349 g/mol. The van der Waals surface area contributed by atoms with E-state index >= 15 is 0 Å². The zero-order valence-electron chi connectivity index (χ0n) is 12.8. The number of carbonyl (C=O) groups excluding carboxylic acids is 1. The summed E-state index contributed by atoms with van der Waals surface area (Å²) in [6.07, 6.45) is 2.44. The molecular weight excluding hydrogens is 332 g/mol. The van der Waals surface area contributed by atoms with Crippen molar-refractivity contribution in [2.75, 3.05) is 24.1 Å². The Morgan fingerprint density at radius 3 is 2.62 bits per heavy atom. The first-order valence-electron chi connectivity index (χ1n) is 7.36. The van der Waals surface area contributed by atoms with Gasteiger partial charge in [0.25, 0.3) is 5.91 Å². The average Bonchev–Trinajstić information content (AvgIpc) is 2.56. The van der Waals surface area contributed by atoms with Crippen LogP contribution in [-0.2, 0) is 9.59 Å². The van der Waals surface area contributed by atoms with Crippen LogP contribution < -0.4 is 11.1 Å². The summed E-state index contributed by atoms with van der Waals surface area (Å²) in [6, 6.07) is 6.51. The number of hydrogen-bond acceptors (Lipinski definition) is 5. The van der Waals surface area contributed by atoms with Crippen molar-refractivity contribution in [2.45, 2.75) is 12.8 Å². The summed E-state index contributed by atoms with van der Waals surface area (Å²) in [7, 11) is 0. The highest BCUT2D eigenvalue weighted by Gasteiger charge is 2.24. The number of nitrogens with zero attached hydrogens (tertiary/aromatic N) is 2. The number of nitrogen functional groups attached to an aromatic ring is 1. The number of amides is 1. The minimum Gasteiger partial charge on any atom is -0.481 e. The van der Waals surface area contributed by atoms with E-state index in [4.69, 9.17) is 22.4 Å². The molecule has 0 bridgehead atoms. The van der Waals surface area contributed by atoms with Gasteiger partial charge in [0.05, 0.1) is 16.6 Å². The molecule has 1 amide bonds. The Balaban J connectivity index is 2.02. The first kappa shape index (κ1) is 17.6. The summed E-state index contributed by atoms with van der Waals surface area (Å²) >= 11 is 5.89. The molecule has 0 aliphatic carbocycles. The molecule has 1 heterocycles. The second-order valence-electron chi connectivity index (χ2n) is 5.49. The van der Waals surface area contributed by atoms with Gasteiger partial charge in [0.1, 0.15) is 11.6 Å². The van der Waals surface area contributed by atoms with Gasteiger partial charge in [-0.2, -0.15) is 5.26 Å². The predicted octanol–water partition coefficient (Wildman–Crippen LogP) is 2.06. The van der Waals surface area contributed by atoms with Crippen LogP contribution in [0.25, 0.3) is 0 Å². The third kappa shape index (κ3) is 4.40. The van der Waals surface area contributed by atoms with Crippen LogP contribution >= 0.6 is 11.6 Å². The lowest BCUT2D eigenvalue weighted by molar-refractivity contribution is -0.143. The standard InChI is InChI=1S/C16H17ClN4O3/c17-13-7-12(1-2-14(13)19)20-15(22)11(8-18)9-21-5-3-10(4-6-21)16(23)24/h1-2,7,9-10H,3-6,19H2,(H,20,22)(H,23,24)/b11-9-. The number of nitrogens with one attached hydrogen (secondary N) is 1. The van der Waals surface area contributed by atoms with Gasteiger partial charge in [0.15, 0.2) is 0 Å². The van der Waals surface area contributed by atoms with Gasteiger partial charge in [0.2, 0.25) is 0 Å². The van der Waals surface area contributed by atoms with Crippen LogP contribution in [0.4, 0.5) is 11.4 Å². The number of likely N-dealkylation sites (tertiary alicyclic amines) is 1. The largest absolute Gasteiger partial charge is 0.481 e. The van der Waals surface area contributed by atoms with Crippen LogP contribution in [0.2, 0.25) is 5.02 Å². The van der Waals surface area contributed by atoms with Crippen molar-refractivity contribution in [1.82, 2.24) is 4.90 Å². The Labute approximate surface area is 144 Å². The number of halogens is 1. The molecule has 0 spiro atoms. The van der Waals surface area contributed by atoms with Gasteiger partial charge in [-0.1, -0.05) is 11.6 Å². The highest BCUT2D eigenvalue weighted by atomic mass is 35.5. The molecule has 126 valence electrons. The fourth-order valence-corrected chi connectivity index (χ4v) is 2.58. The zero-order chi connectivity index (χ0) is 17.7. The normalized spacial score (nSPS) is 15.7. The molecule has 1 aromatic rings. The minimum atomic E-state index is -0.808. The van der Waals surface area contributed by atoms with Crippen LogP contribution in [-0.4, -0.2) is 35.0 Å². The number of carboxylic acids is 1. The van der Waals surface area contributed by atoms with E-state index in [0.29, 0.717) is 42.3 Å². The second-order valence-corrected chi connectivity index (χ2v) is 5.90. The molecule has 8 heteroatoms. The van der Waals surface area contributed by atoms with Crippen LogP contribution in [0.3, 0.4) is 0 Å². The van der Waals surface area contributed by atoms with E-state index in [1.165, 1.54) is 12.3 Å². The third-order valence-electron chi connectivity index (χ3n) is 3.81. The van der Waals surface area contributed by atoms with Gasteiger partial charge in [-0.25, -0.2) is 0 Å². The molecule has 0 radical (unpaired) electrons. The summed E-state index contributed by atoms with van der Waals surface area (Å²) in [4.78, 5) is 24.9. The fourth-order valence-electron chi connectivity index (χ4n) is 2.40. The molecule has 0 unspecified atom stereocenters. The van der Waals surface area contributed by atoms with Gasteiger partial charge in [-0.15, -0.1) is 0 Å². The van der Waals surface area contributed by atoms with E-state index in [0.717, 1.165) is 0 Å². The number of carbonyl (C=O) groups is 2. The first-order chi connectivity index (χ1) is 11.4. The third-order valence-corrected chi connectivity index (χ3v) is 4.14. The molecule has 2 rings (SSSR count). The van der Waals surface area contributed by atoms with Gasteiger partial charge in [-0.3, -0.25) is 9.59 Å². The van der Waals surface area contributed by atoms with Gasteiger partial charge in [0, 0.05) is 25.0 Å². The number of hydrogen-bond donors (Lipinski definition) is 3. The molecular formula is C16H17ClN4O3. The maximum absolute atomic E-state index is 12.2. The number of piperidine rings is 1. The van der Waals surface area contributed by atoms with E-state index in [1.807, 2.05) is 6.07 Å². The van der Waals surface area contributed by atoms with Gasteiger partial charge in [-0.05, 0) is 31.0 Å². The predicted molar refractivity (Wildman–Crippen MR) is 90.1 cm³/mol. The summed E-state index contributed by atoms with van der Waals surface area (Å²) in [5.74, 6) is -1.73. The summed E-state index contributed by atoms with van der Waals surface area (Å²) in [6.45, 7) is 0.978.